The van der Waals surface area contributed by atoms with Crippen molar-refractivity contribution < 1.29 is 4.74 Å². The highest BCUT2D eigenvalue weighted by molar-refractivity contribution is 5.80. The van der Waals surface area contributed by atoms with Crippen molar-refractivity contribution in [2.45, 2.75) is 70.5 Å². The quantitative estimate of drug-likeness (QED) is 0.600. The van der Waals surface area contributed by atoms with Crippen molar-refractivity contribution in [3.63, 3.8) is 0 Å². The van der Waals surface area contributed by atoms with Gasteiger partial charge >= 0.3 is 0 Å². The lowest BCUT2D eigenvalue weighted by atomic mass is 9.95. The molecule has 2 fully saturated rings. The molecule has 1 aliphatic carbocycles. The number of ether oxygens (including phenoxy) is 1. The van der Waals surface area contributed by atoms with Gasteiger partial charge in [-0.25, -0.2) is 4.98 Å². The van der Waals surface area contributed by atoms with Gasteiger partial charge < -0.3 is 14.6 Å². The van der Waals surface area contributed by atoms with Crippen LogP contribution >= 0.6 is 0 Å². The number of hydrogen-bond donors (Lipinski definition) is 1. The molecule has 5 rings (SSSR count). The van der Waals surface area contributed by atoms with E-state index in [1.807, 2.05) is 23.7 Å². The van der Waals surface area contributed by atoms with Crippen molar-refractivity contribution in [1.29, 1.82) is 0 Å². The van der Waals surface area contributed by atoms with Crippen molar-refractivity contribution in [3.8, 4) is 17.1 Å². The minimum atomic E-state index is -0.141. The number of nitrogens with zero attached hydrogens (tertiary/aromatic N) is 5. The Morgan fingerprint density at radius 3 is 2.62 bits per heavy atom. The summed E-state index contributed by atoms with van der Waals surface area (Å²) >= 11 is 0. The number of hydrogen-bond acceptors (Lipinski definition) is 6. The lowest BCUT2D eigenvalue weighted by Crippen LogP contribution is -2.47. The van der Waals surface area contributed by atoms with Gasteiger partial charge in [0, 0.05) is 18.8 Å². The van der Waals surface area contributed by atoms with Crippen LogP contribution in [0.4, 0.5) is 5.69 Å². The Balaban J connectivity index is 1.52. The number of anilines is 1. The summed E-state index contributed by atoms with van der Waals surface area (Å²) in [4.78, 5) is 25.9. The number of benzene rings is 1. The lowest BCUT2D eigenvalue weighted by molar-refractivity contribution is 0.184. The molecule has 0 spiro atoms. The molecule has 1 unspecified atom stereocenters. The first-order valence-corrected chi connectivity index (χ1v) is 12.6. The number of H-pyrrole nitrogens is 1. The average molecular weight is 465 g/mol. The van der Waals surface area contributed by atoms with Gasteiger partial charge in [-0.15, -0.1) is 0 Å². The molecule has 0 radical (unpaired) electrons. The van der Waals surface area contributed by atoms with Crippen molar-refractivity contribution in [1.82, 2.24) is 24.6 Å². The van der Waals surface area contributed by atoms with E-state index in [0.717, 1.165) is 42.8 Å². The number of piperidine rings is 1. The van der Waals surface area contributed by atoms with Crippen LogP contribution < -0.4 is 15.2 Å². The van der Waals surface area contributed by atoms with Gasteiger partial charge in [-0.2, -0.15) is 5.10 Å². The summed E-state index contributed by atoms with van der Waals surface area (Å²) in [5.41, 5.74) is 3.78. The molecule has 1 saturated carbocycles. The minimum Gasteiger partial charge on any atom is -0.496 e. The van der Waals surface area contributed by atoms with E-state index in [4.69, 9.17) is 14.8 Å². The van der Waals surface area contributed by atoms with Gasteiger partial charge in [0.1, 0.15) is 17.1 Å². The highest BCUT2D eigenvalue weighted by atomic mass is 16.5. The molecular weight excluding hydrogens is 428 g/mol. The third-order valence-electron chi connectivity index (χ3n) is 7.67. The van der Waals surface area contributed by atoms with Gasteiger partial charge in [-0.1, -0.05) is 19.3 Å². The predicted molar refractivity (Wildman–Crippen MR) is 136 cm³/mol. The number of fused-ring (bicyclic) bond motifs is 1. The number of aryl methyl sites for hydroxylation is 1. The van der Waals surface area contributed by atoms with E-state index in [0.29, 0.717) is 28.8 Å². The molecule has 1 N–H and O–H groups in total. The fourth-order valence-corrected chi connectivity index (χ4v) is 5.72. The molecule has 1 saturated heterocycles. The van der Waals surface area contributed by atoms with E-state index in [9.17, 15) is 4.79 Å². The average Bonchev–Trinajstić information content (AvgIpc) is 3.21. The Morgan fingerprint density at radius 2 is 1.88 bits per heavy atom. The van der Waals surface area contributed by atoms with Crippen molar-refractivity contribution >= 4 is 16.7 Å². The molecule has 0 amide bonds. The van der Waals surface area contributed by atoms with Crippen LogP contribution in [0, 0.1) is 6.92 Å². The molecule has 0 bridgehead atoms. The highest BCUT2D eigenvalue weighted by Gasteiger charge is 2.25. The van der Waals surface area contributed by atoms with E-state index in [-0.39, 0.29) is 11.6 Å². The van der Waals surface area contributed by atoms with E-state index in [1.54, 1.807) is 7.11 Å². The summed E-state index contributed by atoms with van der Waals surface area (Å²) in [6.07, 6.45) is 9.77. The largest absolute Gasteiger partial charge is 0.496 e. The number of aromatic amines is 1. The third kappa shape index (κ3) is 4.08. The Hall–Kier alpha value is -2.87. The first kappa shape index (κ1) is 22.9. The predicted octanol–water partition coefficient (Wildman–Crippen LogP) is 4.49. The SMILES string of the molecule is COc1cc(N(C)C2CCCCN2C)ccc1-c1nc2c(C)nn(C3CCCCC3)c2c(=O)[nH]1. The Bertz CT molecular complexity index is 1230. The summed E-state index contributed by atoms with van der Waals surface area (Å²) in [6.45, 7) is 3.05. The molecule has 8 nitrogen and oxygen atoms in total. The van der Waals surface area contributed by atoms with E-state index < -0.39 is 0 Å². The molecule has 182 valence electrons. The molecule has 2 aliphatic rings. The zero-order valence-corrected chi connectivity index (χ0v) is 20.8. The van der Waals surface area contributed by atoms with Gasteiger partial charge in [0.2, 0.25) is 0 Å². The van der Waals surface area contributed by atoms with Gasteiger partial charge in [0.05, 0.1) is 30.6 Å². The number of aromatic nitrogens is 4. The lowest BCUT2D eigenvalue weighted by Gasteiger charge is -2.40. The highest BCUT2D eigenvalue weighted by Crippen LogP contribution is 2.35. The van der Waals surface area contributed by atoms with Crippen LogP contribution in [0.5, 0.6) is 5.75 Å². The van der Waals surface area contributed by atoms with Crippen molar-refractivity contribution in [2.75, 3.05) is 32.6 Å². The molecular formula is C26H36N6O2. The Labute approximate surface area is 200 Å². The summed E-state index contributed by atoms with van der Waals surface area (Å²) in [7, 11) is 5.99. The molecule has 1 aliphatic heterocycles. The minimum absolute atomic E-state index is 0.141. The van der Waals surface area contributed by atoms with Crippen molar-refractivity contribution in [3.05, 3.63) is 34.2 Å². The second-order valence-corrected chi connectivity index (χ2v) is 9.89. The zero-order chi connectivity index (χ0) is 23.8. The van der Waals surface area contributed by atoms with Crippen LogP contribution in [0.1, 0.15) is 63.1 Å². The van der Waals surface area contributed by atoms with Crippen LogP contribution in [-0.2, 0) is 0 Å². The topological polar surface area (TPSA) is 79.3 Å². The van der Waals surface area contributed by atoms with Crippen LogP contribution in [0.15, 0.2) is 23.0 Å². The Kier molecular flexibility index (Phi) is 6.34. The molecule has 34 heavy (non-hydrogen) atoms. The van der Waals surface area contributed by atoms with E-state index >= 15 is 0 Å². The second-order valence-electron chi connectivity index (χ2n) is 9.89. The van der Waals surface area contributed by atoms with Gasteiger partial charge in [0.15, 0.2) is 5.52 Å². The summed E-state index contributed by atoms with van der Waals surface area (Å²) < 4.78 is 7.69. The molecule has 1 aromatic carbocycles. The van der Waals surface area contributed by atoms with Crippen LogP contribution in [0.25, 0.3) is 22.4 Å². The van der Waals surface area contributed by atoms with Crippen LogP contribution in [-0.4, -0.2) is 58.6 Å². The normalized spacial score (nSPS) is 20.1. The molecule has 1 atom stereocenters. The smallest absolute Gasteiger partial charge is 0.277 e. The first-order chi connectivity index (χ1) is 16.5. The molecule has 8 heteroatoms. The van der Waals surface area contributed by atoms with Crippen molar-refractivity contribution in [2.24, 2.45) is 0 Å². The second kappa shape index (κ2) is 9.41. The third-order valence-corrected chi connectivity index (χ3v) is 7.67. The molecule has 3 aromatic rings. The summed E-state index contributed by atoms with van der Waals surface area (Å²) in [6, 6.07) is 6.41. The van der Waals surface area contributed by atoms with Gasteiger partial charge in [-0.3, -0.25) is 14.4 Å². The standard InChI is InChI=1S/C26H36N6O2/c1-17-23-24(32(29-17)18-10-6-5-7-11-18)26(33)28-25(27-23)20-14-13-19(16-21(20)34-4)31(3)22-12-8-9-15-30(22)2/h13-14,16,18,22H,5-12,15H2,1-4H3,(H,27,28,33). The molecule has 3 heterocycles. The number of rotatable bonds is 5. The van der Waals surface area contributed by atoms with Gasteiger partial charge in [-0.05, 0) is 64.8 Å². The van der Waals surface area contributed by atoms with E-state index in [2.05, 4.69) is 34.9 Å². The van der Waals surface area contributed by atoms with E-state index in [1.165, 1.54) is 32.1 Å². The zero-order valence-electron chi connectivity index (χ0n) is 20.8. The van der Waals surface area contributed by atoms with Crippen LogP contribution in [0.2, 0.25) is 0 Å². The number of nitrogens with one attached hydrogen (secondary N) is 1. The monoisotopic (exact) mass is 464 g/mol. The first-order valence-electron chi connectivity index (χ1n) is 12.6. The maximum Gasteiger partial charge on any atom is 0.277 e. The fraction of sp³-hybridized carbons (Fsp3) is 0.577. The Morgan fingerprint density at radius 1 is 1.12 bits per heavy atom. The molecule has 2 aromatic heterocycles. The fourth-order valence-electron chi connectivity index (χ4n) is 5.72. The maximum absolute atomic E-state index is 13.3. The number of methoxy groups -OCH3 is 1. The maximum atomic E-state index is 13.3. The van der Waals surface area contributed by atoms with Crippen LogP contribution in [0.3, 0.4) is 0 Å². The summed E-state index contributed by atoms with van der Waals surface area (Å²) in [5.74, 6) is 1.22. The summed E-state index contributed by atoms with van der Waals surface area (Å²) in [5, 5.41) is 4.74. The number of likely N-dealkylation sites (tertiary alicyclic amines) is 1. The van der Waals surface area contributed by atoms with Gasteiger partial charge in [0.25, 0.3) is 5.56 Å².